The molecule has 1 atom stereocenters. The quantitative estimate of drug-likeness (QED) is 0.836. The maximum atomic E-state index is 11.9. The Morgan fingerprint density at radius 1 is 1.65 bits per heavy atom. The van der Waals surface area contributed by atoms with E-state index >= 15 is 0 Å². The predicted molar refractivity (Wildman–Crippen MR) is 73.2 cm³/mol. The molecule has 1 heterocycles. The number of nitrogens with one attached hydrogen (secondary N) is 1. The number of hydrogen-bond acceptors (Lipinski definition) is 4. The second kappa shape index (κ2) is 6.76. The van der Waals surface area contributed by atoms with Crippen LogP contribution in [0.25, 0.3) is 0 Å². The average molecular weight is 303 g/mol. The van der Waals surface area contributed by atoms with Crippen molar-refractivity contribution >= 4 is 21.6 Å². The third-order valence-electron chi connectivity index (χ3n) is 2.32. The van der Waals surface area contributed by atoms with Crippen LogP contribution in [0.4, 0.5) is 5.69 Å². The largest absolute Gasteiger partial charge is 0.381 e. The molecule has 0 bridgehead atoms. The summed E-state index contributed by atoms with van der Waals surface area (Å²) < 4.78 is 1.99. The fourth-order valence-corrected chi connectivity index (χ4v) is 1.77. The van der Waals surface area contributed by atoms with Gasteiger partial charge in [-0.05, 0) is 29.3 Å². The van der Waals surface area contributed by atoms with Crippen molar-refractivity contribution in [1.82, 2.24) is 9.78 Å². The Morgan fingerprint density at radius 2 is 2.35 bits per heavy atom. The Kier molecular flexibility index (Phi) is 5.64. The van der Waals surface area contributed by atoms with E-state index in [1.54, 1.807) is 6.20 Å². The van der Waals surface area contributed by atoms with Crippen LogP contribution in [0.2, 0.25) is 0 Å². The second-order valence-electron chi connectivity index (χ2n) is 4.11. The number of unbranched alkanes of at least 4 members (excludes halogenated alkanes) is 1. The van der Waals surface area contributed by atoms with E-state index in [0.717, 1.165) is 12.8 Å². The van der Waals surface area contributed by atoms with E-state index in [2.05, 4.69) is 33.3 Å². The molecule has 1 aromatic heterocycles. The lowest BCUT2D eigenvalue weighted by Gasteiger charge is -2.11. The number of halogens is 1. The summed E-state index contributed by atoms with van der Waals surface area (Å²) in [5, 5.41) is 7.21. The Labute approximate surface area is 110 Å². The molecule has 1 rings (SSSR count). The van der Waals surface area contributed by atoms with Crippen LogP contribution in [0.3, 0.4) is 0 Å². The predicted octanol–water partition coefficient (Wildman–Crippen LogP) is 1.57. The highest BCUT2D eigenvalue weighted by Crippen LogP contribution is 2.15. The van der Waals surface area contributed by atoms with E-state index in [1.807, 2.05) is 6.92 Å². The van der Waals surface area contributed by atoms with E-state index in [1.165, 1.54) is 4.68 Å². The van der Waals surface area contributed by atoms with Crippen LogP contribution in [-0.4, -0.2) is 22.4 Å². The number of aromatic nitrogens is 2. The van der Waals surface area contributed by atoms with Crippen LogP contribution < -0.4 is 16.6 Å². The maximum absolute atomic E-state index is 11.9. The van der Waals surface area contributed by atoms with Crippen molar-refractivity contribution in [1.29, 1.82) is 0 Å². The van der Waals surface area contributed by atoms with E-state index < -0.39 is 0 Å². The molecule has 0 saturated heterocycles. The molecule has 0 fully saturated rings. The Balaban J connectivity index is 2.83. The summed E-state index contributed by atoms with van der Waals surface area (Å²) in [5.41, 5.74) is 6.23. The molecule has 0 aliphatic rings. The normalized spacial score (nSPS) is 12.5. The number of anilines is 1. The van der Waals surface area contributed by atoms with Gasteiger partial charge in [0.15, 0.2) is 0 Å². The molecular weight excluding hydrogens is 284 g/mol. The highest BCUT2D eigenvalue weighted by molar-refractivity contribution is 9.10. The van der Waals surface area contributed by atoms with Crippen molar-refractivity contribution in [3.8, 4) is 0 Å². The summed E-state index contributed by atoms with van der Waals surface area (Å²) in [5.74, 6) is 0. The molecule has 0 aliphatic heterocycles. The standard InChI is InChI=1S/C11H19BrN4O/c1-3-4-5-16-11(17)10(12)9(7-15-16)14-6-8(2)13/h7-8,14H,3-6,13H2,1-2H3. The van der Waals surface area contributed by atoms with Crippen LogP contribution in [0.15, 0.2) is 15.5 Å². The van der Waals surface area contributed by atoms with Crippen molar-refractivity contribution in [2.24, 2.45) is 5.73 Å². The van der Waals surface area contributed by atoms with Gasteiger partial charge in [-0.1, -0.05) is 13.3 Å². The first-order chi connectivity index (χ1) is 8.06. The number of nitrogens with zero attached hydrogens (tertiary/aromatic N) is 2. The summed E-state index contributed by atoms with van der Waals surface area (Å²) in [6.45, 7) is 5.25. The van der Waals surface area contributed by atoms with Crippen molar-refractivity contribution in [2.75, 3.05) is 11.9 Å². The lowest BCUT2D eigenvalue weighted by atomic mass is 10.3. The summed E-state index contributed by atoms with van der Waals surface area (Å²) in [7, 11) is 0. The first kappa shape index (κ1) is 14.2. The first-order valence-corrected chi connectivity index (χ1v) is 6.60. The molecule has 0 aliphatic carbocycles. The summed E-state index contributed by atoms with van der Waals surface area (Å²) in [6.07, 6.45) is 3.64. The zero-order valence-corrected chi connectivity index (χ0v) is 11.8. The first-order valence-electron chi connectivity index (χ1n) is 5.81. The fourth-order valence-electron chi connectivity index (χ4n) is 1.33. The minimum absolute atomic E-state index is 0.0319. The van der Waals surface area contributed by atoms with Gasteiger partial charge in [0.1, 0.15) is 4.47 Å². The van der Waals surface area contributed by atoms with Crippen molar-refractivity contribution in [3.05, 3.63) is 21.0 Å². The monoisotopic (exact) mass is 302 g/mol. The van der Waals surface area contributed by atoms with Crippen LogP contribution in [-0.2, 0) is 6.54 Å². The smallest absolute Gasteiger partial charge is 0.283 e. The summed E-state index contributed by atoms with van der Waals surface area (Å²) in [4.78, 5) is 11.9. The van der Waals surface area contributed by atoms with Gasteiger partial charge in [0.25, 0.3) is 5.56 Å². The number of nitrogens with two attached hydrogens (primary N) is 1. The molecule has 1 unspecified atom stereocenters. The van der Waals surface area contributed by atoms with E-state index in [-0.39, 0.29) is 11.6 Å². The molecule has 17 heavy (non-hydrogen) atoms. The van der Waals surface area contributed by atoms with E-state index in [4.69, 9.17) is 5.73 Å². The van der Waals surface area contributed by atoms with Gasteiger partial charge in [-0.2, -0.15) is 5.10 Å². The van der Waals surface area contributed by atoms with E-state index in [9.17, 15) is 4.79 Å². The molecule has 6 heteroatoms. The second-order valence-corrected chi connectivity index (χ2v) is 4.91. The molecule has 96 valence electrons. The number of hydrogen-bond donors (Lipinski definition) is 2. The summed E-state index contributed by atoms with van der Waals surface area (Å²) >= 11 is 3.30. The Morgan fingerprint density at radius 3 is 2.94 bits per heavy atom. The topological polar surface area (TPSA) is 72.9 Å². The lowest BCUT2D eigenvalue weighted by molar-refractivity contribution is 0.541. The van der Waals surface area contributed by atoms with Gasteiger partial charge in [-0.15, -0.1) is 0 Å². The number of rotatable bonds is 6. The van der Waals surface area contributed by atoms with Gasteiger partial charge >= 0.3 is 0 Å². The van der Waals surface area contributed by atoms with Gasteiger partial charge in [-0.3, -0.25) is 4.79 Å². The molecule has 0 amide bonds. The molecule has 3 N–H and O–H groups in total. The van der Waals surface area contributed by atoms with Crippen molar-refractivity contribution in [2.45, 2.75) is 39.3 Å². The zero-order valence-electron chi connectivity index (χ0n) is 10.2. The van der Waals surface area contributed by atoms with Crippen LogP contribution in [0.5, 0.6) is 0 Å². The molecule has 5 nitrogen and oxygen atoms in total. The Hall–Kier alpha value is -0.880. The summed E-state index contributed by atoms with van der Waals surface area (Å²) in [6, 6.07) is 0.0319. The van der Waals surface area contributed by atoms with E-state index in [0.29, 0.717) is 23.2 Å². The number of aryl methyl sites for hydroxylation is 1. The van der Waals surface area contributed by atoms with Crippen LogP contribution in [0.1, 0.15) is 26.7 Å². The lowest BCUT2D eigenvalue weighted by Crippen LogP contribution is -2.28. The third kappa shape index (κ3) is 4.12. The molecule has 1 aromatic rings. The molecule has 0 radical (unpaired) electrons. The van der Waals surface area contributed by atoms with Gasteiger partial charge in [0, 0.05) is 19.1 Å². The van der Waals surface area contributed by atoms with Crippen molar-refractivity contribution in [3.63, 3.8) is 0 Å². The molecular formula is C11H19BrN4O. The van der Waals surface area contributed by atoms with Gasteiger partial charge in [-0.25, -0.2) is 4.68 Å². The minimum Gasteiger partial charge on any atom is -0.381 e. The van der Waals surface area contributed by atoms with Gasteiger partial charge in [0.05, 0.1) is 11.9 Å². The highest BCUT2D eigenvalue weighted by atomic mass is 79.9. The minimum atomic E-state index is -0.104. The maximum Gasteiger partial charge on any atom is 0.283 e. The van der Waals surface area contributed by atoms with Crippen molar-refractivity contribution < 1.29 is 0 Å². The molecule has 0 aromatic carbocycles. The zero-order chi connectivity index (χ0) is 12.8. The molecule has 0 saturated carbocycles. The highest BCUT2D eigenvalue weighted by Gasteiger charge is 2.08. The molecule has 0 spiro atoms. The van der Waals surface area contributed by atoms with Gasteiger partial charge in [0.2, 0.25) is 0 Å². The fraction of sp³-hybridized carbons (Fsp3) is 0.636. The average Bonchev–Trinajstić information content (AvgIpc) is 2.29. The van der Waals surface area contributed by atoms with Gasteiger partial charge < -0.3 is 11.1 Å². The van der Waals surface area contributed by atoms with Crippen LogP contribution >= 0.6 is 15.9 Å². The van der Waals surface area contributed by atoms with Crippen LogP contribution in [0, 0.1) is 0 Å². The Bertz CT molecular complexity index is 416. The third-order valence-corrected chi connectivity index (χ3v) is 3.09. The SMILES string of the molecule is CCCCn1ncc(NCC(C)N)c(Br)c1=O.